The van der Waals surface area contributed by atoms with Gasteiger partial charge in [0.25, 0.3) is 0 Å². The van der Waals surface area contributed by atoms with Crippen molar-refractivity contribution >= 4 is 21.8 Å². The van der Waals surface area contributed by atoms with E-state index in [1.165, 1.54) is 6.42 Å². The van der Waals surface area contributed by atoms with Gasteiger partial charge in [-0.15, -0.1) is 0 Å². The summed E-state index contributed by atoms with van der Waals surface area (Å²) < 4.78 is 5.41. The van der Waals surface area contributed by atoms with Gasteiger partial charge in [0.1, 0.15) is 0 Å². The van der Waals surface area contributed by atoms with Crippen LogP contribution >= 0.6 is 15.9 Å². The molecule has 0 spiro atoms. The van der Waals surface area contributed by atoms with Crippen LogP contribution in [0.4, 0.5) is 0 Å². The average molecular weight is 278 g/mol. The van der Waals surface area contributed by atoms with Crippen molar-refractivity contribution in [1.82, 2.24) is 5.32 Å². The van der Waals surface area contributed by atoms with Crippen LogP contribution in [-0.4, -0.2) is 30.5 Å². The summed E-state index contributed by atoms with van der Waals surface area (Å²) in [7, 11) is 1.70. The van der Waals surface area contributed by atoms with Crippen LogP contribution in [0.5, 0.6) is 0 Å². The molecule has 1 aliphatic carbocycles. The van der Waals surface area contributed by atoms with Crippen LogP contribution in [0, 0.1) is 5.92 Å². The zero-order chi connectivity index (χ0) is 11.3. The van der Waals surface area contributed by atoms with Crippen molar-refractivity contribution in [2.45, 2.75) is 38.2 Å². The molecule has 1 amide bonds. The quantitative estimate of drug-likeness (QED) is 0.756. The van der Waals surface area contributed by atoms with E-state index in [2.05, 4.69) is 28.2 Å². The minimum atomic E-state index is -0.151. The molecule has 1 fully saturated rings. The van der Waals surface area contributed by atoms with Crippen molar-refractivity contribution in [1.29, 1.82) is 0 Å². The van der Waals surface area contributed by atoms with Crippen molar-refractivity contribution in [3.8, 4) is 0 Å². The number of alkyl halides is 1. The molecule has 1 aliphatic rings. The Morgan fingerprint density at radius 2 is 2.27 bits per heavy atom. The first-order chi connectivity index (χ1) is 7.12. The number of carbonyl (C=O) groups excluding carboxylic acids is 1. The fraction of sp³-hybridized carbons (Fsp3) is 0.909. The van der Waals surface area contributed by atoms with Crippen LogP contribution in [0.25, 0.3) is 0 Å². The normalized spacial score (nSPS) is 20.5. The number of halogens is 1. The van der Waals surface area contributed by atoms with Crippen molar-refractivity contribution < 1.29 is 9.53 Å². The van der Waals surface area contributed by atoms with Gasteiger partial charge in [-0.3, -0.25) is 4.79 Å². The maximum absolute atomic E-state index is 11.6. The number of hydrogen-bond acceptors (Lipinski definition) is 2. The Hall–Kier alpha value is -0.0900. The summed E-state index contributed by atoms with van der Waals surface area (Å²) in [4.78, 5) is 11.6. The molecule has 3 nitrogen and oxygen atoms in total. The molecule has 1 unspecified atom stereocenters. The molecular weight excluding hydrogens is 258 g/mol. The third kappa shape index (κ3) is 3.76. The maximum Gasteiger partial charge on any atom is 0.222 e. The van der Waals surface area contributed by atoms with Crippen LogP contribution in [0.15, 0.2) is 0 Å². The van der Waals surface area contributed by atoms with Gasteiger partial charge < -0.3 is 10.1 Å². The van der Waals surface area contributed by atoms with Gasteiger partial charge in [-0.1, -0.05) is 22.9 Å². The minimum absolute atomic E-state index is 0.115. The topological polar surface area (TPSA) is 38.3 Å². The zero-order valence-corrected chi connectivity index (χ0v) is 11.1. The highest BCUT2D eigenvalue weighted by molar-refractivity contribution is 9.09. The predicted molar refractivity (Wildman–Crippen MR) is 64.2 cm³/mol. The molecule has 0 aliphatic heterocycles. The number of ether oxygens (including phenoxy) is 1. The zero-order valence-electron chi connectivity index (χ0n) is 9.51. The van der Waals surface area contributed by atoms with Crippen molar-refractivity contribution in [2.75, 3.05) is 19.0 Å². The van der Waals surface area contributed by atoms with E-state index in [4.69, 9.17) is 4.74 Å². The van der Waals surface area contributed by atoms with Crippen LogP contribution in [-0.2, 0) is 9.53 Å². The molecule has 88 valence electrons. The highest BCUT2D eigenvalue weighted by Crippen LogP contribution is 2.37. The summed E-state index contributed by atoms with van der Waals surface area (Å²) in [6.07, 6.45) is 3.73. The summed E-state index contributed by atoms with van der Waals surface area (Å²) in [5.74, 6) is 0.596. The lowest BCUT2D eigenvalue weighted by molar-refractivity contribution is -0.134. The summed E-state index contributed by atoms with van der Waals surface area (Å²) >= 11 is 3.39. The molecule has 1 N–H and O–H groups in total. The second-order valence-electron chi connectivity index (χ2n) is 4.48. The van der Waals surface area contributed by atoms with Gasteiger partial charge in [0.15, 0.2) is 0 Å². The van der Waals surface area contributed by atoms with E-state index in [0.29, 0.717) is 12.3 Å². The van der Waals surface area contributed by atoms with Crippen LogP contribution in [0.1, 0.15) is 32.6 Å². The van der Waals surface area contributed by atoms with Crippen LogP contribution in [0.2, 0.25) is 0 Å². The van der Waals surface area contributed by atoms with Gasteiger partial charge in [0, 0.05) is 19.0 Å². The lowest BCUT2D eigenvalue weighted by Gasteiger charge is -2.39. The average Bonchev–Trinajstić information content (AvgIpc) is 2.20. The second kappa shape index (κ2) is 5.85. The lowest BCUT2D eigenvalue weighted by atomic mass is 9.77. The standard InChI is InChI=1S/C11H20BrNO2/c1-9(7-12)8-13-10(14)6-11(15-2)4-3-5-11/h9H,3-8H2,1-2H3,(H,13,14). The SMILES string of the molecule is COC1(CC(=O)NCC(C)CBr)CCC1. The number of methoxy groups -OCH3 is 1. The molecule has 4 heteroatoms. The van der Waals surface area contributed by atoms with Crippen LogP contribution in [0.3, 0.4) is 0 Å². The predicted octanol–water partition coefficient (Wildman–Crippen LogP) is 2.09. The molecular formula is C11H20BrNO2. The fourth-order valence-electron chi connectivity index (χ4n) is 1.72. The number of rotatable bonds is 6. The van der Waals surface area contributed by atoms with Crippen LogP contribution < -0.4 is 5.32 Å². The number of nitrogens with one attached hydrogen (secondary N) is 1. The van der Waals surface area contributed by atoms with Gasteiger partial charge in [-0.25, -0.2) is 0 Å². The Labute approximate surface area is 100 Å². The van der Waals surface area contributed by atoms with Crippen molar-refractivity contribution in [3.63, 3.8) is 0 Å². The number of hydrogen-bond donors (Lipinski definition) is 1. The molecule has 0 saturated heterocycles. The number of carbonyl (C=O) groups is 1. The Kier molecular flexibility index (Phi) is 5.06. The molecule has 0 bridgehead atoms. The molecule has 0 radical (unpaired) electrons. The number of amides is 1. The van der Waals surface area contributed by atoms with E-state index in [0.717, 1.165) is 24.7 Å². The first-order valence-corrected chi connectivity index (χ1v) is 6.62. The Morgan fingerprint density at radius 1 is 1.60 bits per heavy atom. The largest absolute Gasteiger partial charge is 0.378 e. The van der Waals surface area contributed by atoms with E-state index >= 15 is 0 Å². The summed E-state index contributed by atoms with van der Waals surface area (Å²) in [6.45, 7) is 2.84. The third-order valence-electron chi connectivity index (χ3n) is 3.09. The molecule has 0 aromatic rings. The molecule has 1 rings (SSSR count). The Morgan fingerprint density at radius 3 is 2.67 bits per heavy atom. The van der Waals surface area contributed by atoms with E-state index in [-0.39, 0.29) is 11.5 Å². The molecule has 1 saturated carbocycles. The molecule has 0 heterocycles. The molecule has 15 heavy (non-hydrogen) atoms. The summed E-state index contributed by atoms with van der Waals surface area (Å²) in [5, 5.41) is 3.86. The van der Waals surface area contributed by atoms with E-state index in [9.17, 15) is 4.79 Å². The van der Waals surface area contributed by atoms with Crippen molar-refractivity contribution in [3.05, 3.63) is 0 Å². The van der Waals surface area contributed by atoms with E-state index in [1.807, 2.05) is 0 Å². The first-order valence-electron chi connectivity index (χ1n) is 5.50. The van der Waals surface area contributed by atoms with Crippen molar-refractivity contribution in [2.24, 2.45) is 5.92 Å². The maximum atomic E-state index is 11.6. The highest BCUT2D eigenvalue weighted by atomic mass is 79.9. The lowest BCUT2D eigenvalue weighted by Crippen LogP contribution is -2.44. The summed E-state index contributed by atoms with van der Waals surface area (Å²) in [5.41, 5.74) is -0.151. The highest BCUT2D eigenvalue weighted by Gasteiger charge is 2.38. The first kappa shape index (κ1) is 13.0. The monoisotopic (exact) mass is 277 g/mol. The van der Waals surface area contributed by atoms with E-state index < -0.39 is 0 Å². The summed E-state index contributed by atoms with van der Waals surface area (Å²) in [6, 6.07) is 0. The van der Waals surface area contributed by atoms with Gasteiger partial charge in [-0.05, 0) is 25.2 Å². The van der Waals surface area contributed by atoms with Gasteiger partial charge >= 0.3 is 0 Å². The smallest absolute Gasteiger partial charge is 0.222 e. The second-order valence-corrected chi connectivity index (χ2v) is 5.13. The fourth-order valence-corrected chi connectivity index (χ4v) is 1.95. The van der Waals surface area contributed by atoms with E-state index in [1.54, 1.807) is 7.11 Å². The Bertz CT molecular complexity index is 211. The van der Waals surface area contributed by atoms with Gasteiger partial charge in [0.05, 0.1) is 12.0 Å². The van der Waals surface area contributed by atoms with Gasteiger partial charge in [0.2, 0.25) is 5.91 Å². The van der Waals surface area contributed by atoms with Gasteiger partial charge in [-0.2, -0.15) is 0 Å². The third-order valence-corrected chi connectivity index (χ3v) is 4.20. The Balaban J connectivity index is 2.23. The molecule has 1 atom stereocenters. The molecule has 0 aromatic heterocycles. The minimum Gasteiger partial charge on any atom is -0.378 e. The molecule has 0 aromatic carbocycles.